The third kappa shape index (κ3) is 4.72. The number of amides is 1. The molecule has 2 rings (SSSR count). The Morgan fingerprint density at radius 3 is 2.68 bits per heavy atom. The zero-order valence-corrected chi connectivity index (χ0v) is 13.2. The number of carbonyl (C=O) groups is 1. The van der Waals surface area contributed by atoms with Gasteiger partial charge in [-0.2, -0.15) is 18.3 Å². The van der Waals surface area contributed by atoms with E-state index in [4.69, 9.17) is 4.74 Å². The highest BCUT2D eigenvalue weighted by molar-refractivity contribution is 5.96. The number of aromatic hydroxyl groups is 1. The summed E-state index contributed by atoms with van der Waals surface area (Å²) in [6.07, 6.45) is -3.41. The van der Waals surface area contributed by atoms with Crippen LogP contribution in [0.3, 0.4) is 0 Å². The lowest BCUT2D eigenvalue weighted by Crippen LogP contribution is -2.22. The molecule has 132 valence electrons. The average Bonchev–Trinajstić information content (AvgIpc) is 2.57. The first-order chi connectivity index (χ1) is 11.8. The molecule has 0 heterocycles. The average molecular weight is 352 g/mol. The van der Waals surface area contributed by atoms with E-state index in [1.165, 1.54) is 36.5 Å². The molecule has 0 aromatic heterocycles. The Morgan fingerprint density at radius 2 is 2.00 bits per heavy atom. The molecule has 0 saturated heterocycles. The standard InChI is InChI=1S/C17H15F3N2O3/c1-2-25-15-9-11(7-8-14(15)23)10-21-22-16(24)12-5-3-4-6-13(12)17(18,19)20/h3-10,23H,2H2,1H3,(H,22,24)/b21-10+. The molecule has 2 aromatic rings. The van der Waals surface area contributed by atoms with Crippen molar-refractivity contribution in [3.05, 3.63) is 59.2 Å². The number of halogens is 3. The van der Waals surface area contributed by atoms with E-state index >= 15 is 0 Å². The summed E-state index contributed by atoms with van der Waals surface area (Å²) in [6.45, 7) is 2.09. The van der Waals surface area contributed by atoms with Gasteiger partial charge in [0, 0.05) is 0 Å². The molecule has 0 unspecified atom stereocenters. The molecule has 1 amide bonds. The van der Waals surface area contributed by atoms with E-state index in [1.54, 1.807) is 6.92 Å². The van der Waals surface area contributed by atoms with Gasteiger partial charge in [0.1, 0.15) is 0 Å². The summed E-state index contributed by atoms with van der Waals surface area (Å²) in [6, 6.07) is 8.81. The van der Waals surface area contributed by atoms with Crippen LogP contribution in [-0.2, 0) is 6.18 Å². The molecule has 0 aliphatic rings. The molecule has 2 N–H and O–H groups in total. The van der Waals surface area contributed by atoms with Crippen molar-refractivity contribution in [3.8, 4) is 11.5 Å². The maximum Gasteiger partial charge on any atom is 0.417 e. The summed E-state index contributed by atoms with van der Waals surface area (Å²) < 4.78 is 43.9. The minimum absolute atomic E-state index is 0.0536. The molecule has 0 saturated carbocycles. The van der Waals surface area contributed by atoms with E-state index in [-0.39, 0.29) is 11.5 Å². The maximum atomic E-state index is 12.9. The van der Waals surface area contributed by atoms with Gasteiger partial charge < -0.3 is 9.84 Å². The number of hydrazone groups is 1. The molecule has 8 heteroatoms. The first kappa shape index (κ1) is 18.3. The van der Waals surface area contributed by atoms with E-state index in [9.17, 15) is 23.1 Å². The van der Waals surface area contributed by atoms with Gasteiger partial charge in [0.15, 0.2) is 11.5 Å². The number of nitrogens with zero attached hydrogens (tertiary/aromatic N) is 1. The lowest BCUT2D eigenvalue weighted by molar-refractivity contribution is -0.137. The number of phenolic OH excluding ortho intramolecular Hbond substituents is 1. The second kappa shape index (κ2) is 7.69. The molecular formula is C17H15F3N2O3. The first-order valence-electron chi connectivity index (χ1n) is 7.28. The summed E-state index contributed by atoms with van der Waals surface area (Å²) in [5.41, 5.74) is 0.988. The Bertz CT molecular complexity index is 789. The number of ether oxygens (including phenoxy) is 1. The van der Waals surface area contributed by atoms with Crippen LogP contribution < -0.4 is 10.2 Å². The van der Waals surface area contributed by atoms with Crippen LogP contribution in [0.4, 0.5) is 13.2 Å². The van der Waals surface area contributed by atoms with Crippen molar-refractivity contribution < 1.29 is 27.8 Å². The molecule has 0 spiro atoms. The van der Waals surface area contributed by atoms with E-state index in [0.29, 0.717) is 12.2 Å². The number of benzene rings is 2. The molecule has 0 radical (unpaired) electrons. The van der Waals surface area contributed by atoms with Gasteiger partial charge in [-0.25, -0.2) is 5.43 Å². The number of phenols is 1. The van der Waals surface area contributed by atoms with Crippen LogP contribution in [0.15, 0.2) is 47.6 Å². The molecule has 0 aliphatic heterocycles. The number of alkyl halides is 3. The van der Waals surface area contributed by atoms with Crippen molar-refractivity contribution in [2.24, 2.45) is 5.10 Å². The van der Waals surface area contributed by atoms with Gasteiger partial charge in [0.2, 0.25) is 0 Å². The zero-order chi connectivity index (χ0) is 18.4. The summed E-state index contributed by atoms with van der Waals surface area (Å²) in [4.78, 5) is 11.9. The SMILES string of the molecule is CCOc1cc(/C=N/NC(=O)c2ccccc2C(F)(F)F)ccc1O. The molecule has 25 heavy (non-hydrogen) atoms. The van der Waals surface area contributed by atoms with Crippen molar-refractivity contribution in [2.75, 3.05) is 6.61 Å². The predicted octanol–water partition coefficient (Wildman–Crippen LogP) is 3.57. The number of nitrogens with one attached hydrogen (secondary N) is 1. The third-order valence-electron chi connectivity index (χ3n) is 3.14. The number of rotatable bonds is 5. The summed E-state index contributed by atoms with van der Waals surface area (Å²) >= 11 is 0. The van der Waals surface area contributed by atoms with E-state index in [1.807, 2.05) is 0 Å². The van der Waals surface area contributed by atoms with Gasteiger partial charge in [-0.1, -0.05) is 12.1 Å². The molecule has 5 nitrogen and oxygen atoms in total. The second-order valence-corrected chi connectivity index (χ2v) is 4.90. The maximum absolute atomic E-state index is 12.9. The third-order valence-corrected chi connectivity index (χ3v) is 3.14. The van der Waals surface area contributed by atoms with E-state index in [0.717, 1.165) is 12.1 Å². The van der Waals surface area contributed by atoms with Gasteiger partial charge in [0.05, 0.1) is 23.9 Å². The van der Waals surface area contributed by atoms with Gasteiger partial charge in [-0.05, 0) is 42.8 Å². The predicted molar refractivity (Wildman–Crippen MR) is 85.8 cm³/mol. The van der Waals surface area contributed by atoms with Crippen molar-refractivity contribution in [2.45, 2.75) is 13.1 Å². The van der Waals surface area contributed by atoms with Crippen LogP contribution in [0.2, 0.25) is 0 Å². The Kier molecular flexibility index (Phi) is 5.63. The molecule has 0 aliphatic carbocycles. The van der Waals surface area contributed by atoms with Crippen LogP contribution in [0.1, 0.15) is 28.4 Å². The van der Waals surface area contributed by atoms with Gasteiger partial charge in [-0.15, -0.1) is 0 Å². The fourth-order valence-corrected chi connectivity index (χ4v) is 2.04. The molecule has 0 fully saturated rings. The first-order valence-corrected chi connectivity index (χ1v) is 7.28. The number of carbonyl (C=O) groups excluding carboxylic acids is 1. The zero-order valence-electron chi connectivity index (χ0n) is 13.2. The van der Waals surface area contributed by atoms with Crippen molar-refractivity contribution in [1.82, 2.24) is 5.43 Å². The van der Waals surface area contributed by atoms with Gasteiger partial charge >= 0.3 is 6.18 Å². The Labute approximate surface area is 141 Å². The fourth-order valence-electron chi connectivity index (χ4n) is 2.04. The highest BCUT2D eigenvalue weighted by Gasteiger charge is 2.34. The van der Waals surface area contributed by atoms with Crippen LogP contribution in [0.5, 0.6) is 11.5 Å². The Hall–Kier alpha value is -3.03. The fraction of sp³-hybridized carbons (Fsp3) is 0.176. The topological polar surface area (TPSA) is 70.9 Å². The lowest BCUT2D eigenvalue weighted by atomic mass is 10.1. The quantitative estimate of drug-likeness (QED) is 0.638. The van der Waals surface area contributed by atoms with Crippen molar-refractivity contribution in [3.63, 3.8) is 0 Å². The normalized spacial score (nSPS) is 11.5. The van der Waals surface area contributed by atoms with Crippen LogP contribution in [0.25, 0.3) is 0 Å². The van der Waals surface area contributed by atoms with Crippen LogP contribution in [0, 0.1) is 0 Å². The number of hydrogen-bond donors (Lipinski definition) is 2. The van der Waals surface area contributed by atoms with E-state index in [2.05, 4.69) is 10.5 Å². The minimum Gasteiger partial charge on any atom is -0.504 e. The monoisotopic (exact) mass is 352 g/mol. The van der Waals surface area contributed by atoms with Crippen molar-refractivity contribution in [1.29, 1.82) is 0 Å². The molecule has 0 atom stereocenters. The van der Waals surface area contributed by atoms with Crippen molar-refractivity contribution >= 4 is 12.1 Å². The largest absolute Gasteiger partial charge is 0.504 e. The molecular weight excluding hydrogens is 337 g/mol. The van der Waals surface area contributed by atoms with Crippen LogP contribution in [-0.4, -0.2) is 23.8 Å². The summed E-state index contributed by atoms with van der Waals surface area (Å²) in [5, 5.41) is 13.2. The highest BCUT2D eigenvalue weighted by Crippen LogP contribution is 2.31. The molecule has 0 bridgehead atoms. The van der Waals surface area contributed by atoms with E-state index < -0.39 is 23.2 Å². The Morgan fingerprint density at radius 1 is 1.28 bits per heavy atom. The summed E-state index contributed by atoms with van der Waals surface area (Å²) in [5.74, 6) is -0.796. The second-order valence-electron chi connectivity index (χ2n) is 4.90. The molecule has 2 aromatic carbocycles. The Balaban J connectivity index is 2.13. The minimum atomic E-state index is -4.64. The summed E-state index contributed by atoms with van der Waals surface area (Å²) in [7, 11) is 0. The van der Waals surface area contributed by atoms with Crippen LogP contribution >= 0.6 is 0 Å². The number of hydrogen-bond acceptors (Lipinski definition) is 4. The smallest absolute Gasteiger partial charge is 0.417 e. The lowest BCUT2D eigenvalue weighted by Gasteiger charge is -2.11. The van der Waals surface area contributed by atoms with Gasteiger partial charge in [0.25, 0.3) is 5.91 Å². The van der Waals surface area contributed by atoms with Gasteiger partial charge in [-0.3, -0.25) is 4.79 Å². The highest BCUT2D eigenvalue weighted by atomic mass is 19.4.